The Kier molecular flexibility index (Phi) is 28.1. The predicted octanol–water partition coefficient (Wildman–Crippen LogP) is 3.33. The van der Waals surface area contributed by atoms with Crippen molar-refractivity contribution in [2.24, 2.45) is 0 Å². The van der Waals surface area contributed by atoms with Gasteiger partial charge in [-0.05, 0) is 106 Å². The Labute approximate surface area is 457 Å². The number of aromatic nitrogens is 6. The number of hydrogen-bond donors (Lipinski definition) is 2. The third-order valence-electron chi connectivity index (χ3n) is 6.32. The Morgan fingerprint density at radius 3 is 1.74 bits per heavy atom. The zero-order valence-corrected chi connectivity index (χ0v) is 46.1. The number of thiazole rings is 2. The summed E-state index contributed by atoms with van der Waals surface area (Å²) in [7, 11) is -5.86. The number of halogens is 6. The van der Waals surface area contributed by atoms with Crippen LogP contribution in [0.25, 0.3) is 22.5 Å². The van der Waals surface area contributed by atoms with Gasteiger partial charge in [0.25, 0.3) is 6.47 Å². The fourth-order valence-electron chi connectivity index (χ4n) is 4.01. The molecule has 0 saturated heterocycles. The number of nitrogens with two attached hydrogens (primary N) is 1. The molecular formula is C32H32Br2Cl3FK2N8O5P2S2. The van der Waals surface area contributed by atoms with Gasteiger partial charge >= 0.3 is 103 Å². The molecule has 0 aliphatic carbocycles. The van der Waals surface area contributed by atoms with E-state index in [1.165, 1.54) is 17.5 Å². The minimum absolute atomic E-state index is 0. The average molecular weight is 1100 g/mol. The van der Waals surface area contributed by atoms with Gasteiger partial charge in [0.1, 0.15) is 25.3 Å². The Morgan fingerprint density at radius 2 is 1.32 bits per heavy atom. The summed E-state index contributed by atoms with van der Waals surface area (Å²) in [5, 5.41) is 17.6. The van der Waals surface area contributed by atoms with E-state index < -0.39 is 21.4 Å². The smallest absolute Gasteiger partial charge is 1.00 e. The summed E-state index contributed by atoms with van der Waals surface area (Å²) in [5.74, 6) is 0.520. The first-order valence-electron chi connectivity index (χ1n) is 15.3. The van der Waals surface area contributed by atoms with Gasteiger partial charge in [-0.2, -0.15) is 4.98 Å². The Morgan fingerprint density at radius 1 is 0.860 bits per heavy atom. The topological polar surface area (TPSA) is 199 Å². The Hall–Kier alpha value is 0.383. The molecule has 0 bridgehead atoms. The van der Waals surface area contributed by atoms with Crippen LogP contribution in [0, 0.1) is 0 Å². The van der Waals surface area contributed by atoms with Crippen LogP contribution in [0.3, 0.4) is 0 Å². The van der Waals surface area contributed by atoms with Crippen molar-refractivity contribution < 1.29 is 134 Å². The van der Waals surface area contributed by atoms with Gasteiger partial charge in [-0.1, -0.05) is 23.7 Å². The van der Waals surface area contributed by atoms with Crippen LogP contribution in [0.15, 0.2) is 79.5 Å². The molecule has 0 fully saturated rings. The fraction of sp³-hybridized carbons (Fsp3) is 0.156. The Bertz CT molecular complexity index is 2280. The zero-order valence-electron chi connectivity index (χ0n) is 33.0. The molecule has 4 heterocycles. The van der Waals surface area contributed by atoms with Crippen LogP contribution < -0.4 is 130 Å². The first-order chi connectivity index (χ1) is 26.4. The number of carbonyl (C=O) groups excluding carboxylic acids is 1. The van der Waals surface area contributed by atoms with E-state index in [2.05, 4.69) is 72.0 Å². The maximum Gasteiger partial charge on any atom is 1.00 e. The molecule has 0 radical (unpaired) electrons. The van der Waals surface area contributed by atoms with Crippen LogP contribution in [0.1, 0.15) is 2.80 Å². The van der Waals surface area contributed by atoms with E-state index in [1.807, 2.05) is 41.1 Å². The quantitative estimate of drug-likeness (QED) is 0.0346. The third-order valence-corrected chi connectivity index (χ3v) is 12.6. The predicted molar refractivity (Wildman–Crippen MR) is 231 cm³/mol. The van der Waals surface area contributed by atoms with Crippen molar-refractivity contribution in [1.29, 1.82) is 0 Å². The standard InChI is InChI=1S/C15H13BrClN4OPS.C11H13N2OPS.C4HBrCl2N2.CH3F.CH2O3.2K.H/c1-23(2,22)13-5-9(12-7-24-8-19-12)3-4-11(13)20-14-10(16)6-18-15(17)21-14;1-15(2,14)11-5-8(3-4-9(11)12)10-6-16-7-13-10;5-2-1-8-4(7)9-3(2)6;1-2;2-1-4-3;;;/h3-8H,1-2H3,(H,18,20,21);3-7H,12H2,1-2H3;1H;1H3;1,3H;;;/q;;;;;2*+1;-1/p-1/i;;;1D;;;;. The summed E-state index contributed by atoms with van der Waals surface area (Å²) in [4.78, 5) is 35.2. The minimum Gasteiger partial charge on any atom is -1.00 e. The van der Waals surface area contributed by atoms with E-state index >= 15 is 0 Å². The maximum atomic E-state index is 12.8. The van der Waals surface area contributed by atoms with Crippen molar-refractivity contribution >= 4 is 138 Å². The number of anilines is 3. The van der Waals surface area contributed by atoms with Gasteiger partial charge in [0.15, 0.2) is 0 Å². The molecule has 4 aromatic heterocycles. The van der Waals surface area contributed by atoms with Gasteiger partial charge in [-0.3, -0.25) is 9.18 Å². The number of alkyl halides is 1. The summed E-state index contributed by atoms with van der Waals surface area (Å²) in [6.07, 6.45) is 3.07. The number of nitrogen functional groups attached to an aromatic ring is 1. The van der Waals surface area contributed by atoms with Gasteiger partial charge in [0.05, 0.1) is 45.6 Å². The Balaban J connectivity index is 0. The normalized spacial score (nSPS) is 10.3. The molecule has 0 saturated carbocycles. The van der Waals surface area contributed by atoms with Crippen LogP contribution in [-0.2, 0) is 18.8 Å². The number of hydrogen-bond acceptors (Lipinski definition) is 15. The molecule has 6 rings (SSSR count). The molecule has 13 nitrogen and oxygen atoms in total. The van der Waals surface area contributed by atoms with Gasteiger partial charge in [0.2, 0.25) is 10.6 Å². The maximum absolute atomic E-state index is 12.8. The molecule has 0 amide bonds. The van der Waals surface area contributed by atoms with Crippen LogP contribution in [0.2, 0.25) is 15.7 Å². The van der Waals surface area contributed by atoms with Crippen molar-refractivity contribution in [2.45, 2.75) is 0 Å². The average Bonchev–Trinajstić information content (AvgIpc) is 3.88. The molecule has 0 aliphatic rings. The summed E-state index contributed by atoms with van der Waals surface area (Å²) in [6.45, 7) is 6.74. The van der Waals surface area contributed by atoms with Crippen LogP contribution in [0.5, 0.6) is 0 Å². The van der Waals surface area contributed by atoms with E-state index in [4.69, 9.17) is 52.0 Å². The summed E-state index contributed by atoms with van der Waals surface area (Å²) in [6, 6.07) is 11.3. The molecule has 25 heteroatoms. The number of benzene rings is 2. The fourth-order valence-corrected chi connectivity index (χ4v) is 8.36. The first-order valence-corrected chi connectivity index (χ1v) is 24.4. The van der Waals surface area contributed by atoms with E-state index in [-0.39, 0.29) is 121 Å². The molecule has 3 N–H and O–H groups in total. The third kappa shape index (κ3) is 20.0. The second kappa shape index (κ2) is 28.9. The van der Waals surface area contributed by atoms with E-state index in [0.717, 1.165) is 38.8 Å². The van der Waals surface area contributed by atoms with Gasteiger partial charge in [-0.25, -0.2) is 24.9 Å². The molecule has 6 aromatic rings. The van der Waals surface area contributed by atoms with E-state index in [0.29, 0.717) is 25.6 Å². The van der Waals surface area contributed by atoms with E-state index in [1.54, 1.807) is 61.3 Å². The van der Waals surface area contributed by atoms with Gasteiger partial charge < -0.3 is 31.8 Å². The van der Waals surface area contributed by atoms with Crippen LogP contribution >= 0.6 is 104 Å². The summed E-state index contributed by atoms with van der Waals surface area (Å²) < 4.78 is 41.7. The molecular weight excluding hydrogens is 1070 g/mol. The molecule has 296 valence electrons. The molecule has 57 heavy (non-hydrogen) atoms. The van der Waals surface area contributed by atoms with Crippen molar-refractivity contribution in [3.63, 3.8) is 0 Å². The number of nitrogens with zero attached hydrogens (tertiary/aromatic N) is 6. The summed E-state index contributed by atoms with van der Waals surface area (Å²) in [5.41, 5.74) is 14.4. The SMILES string of the molecule is CP(C)(=O)c1cc(-c2cscn2)ccc1N.CP(C)(=O)c1cc(-c2cscn2)ccc1Nc1nc(Cl)ncc1Br.Clc1ncc(Br)c(Cl)n1.O=CO[O-].[2H]CF.[H-].[K+].[K+]. The zero-order chi connectivity index (χ0) is 42.1. The van der Waals surface area contributed by atoms with Crippen molar-refractivity contribution in [3.05, 3.63) is 95.2 Å². The second-order valence-electron chi connectivity index (χ2n) is 10.9. The monoisotopic (exact) mass is 1090 g/mol. The first kappa shape index (κ1) is 55.4. The molecule has 0 spiro atoms. The number of rotatable bonds is 7. The number of nitrogens with one attached hydrogen (secondary N) is 1. The van der Waals surface area contributed by atoms with Crippen LogP contribution in [-0.4, -0.2) is 70.2 Å². The molecule has 0 atom stereocenters. The minimum atomic E-state index is -2.53. The summed E-state index contributed by atoms with van der Waals surface area (Å²) >= 11 is 26.3. The van der Waals surface area contributed by atoms with Crippen molar-refractivity contribution in [2.75, 3.05) is 44.9 Å². The largest absolute Gasteiger partial charge is 1.00 e. The number of carbonyl (C=O) groups is 1. The molecule has 2 aromatic carbocycles. The van der Waals surface area contributed by atoms with Crippen molar-refractivity contribution in [1.82, 2.24) is 29.9 Å². The second-order valence-corrected chi connectivity index (χ2v) is 21.4. The molecule has 0 aliphatic heterocycles. The van der Waals surface area contributed by atoms with Gasteiger partial charge in [-0.15, -0.1) is 22.7 Å². The van der Waals surface area contributed by atoms with E-state index in [9.17, 15) is 13.5 Å². The van der Waals surface area contributed by atoms with Gasteiger partial charge in [0, 0.05) is 50.6 Å². The molecule has 0 unspecified atom stereocenters. The van der Waals surface area contributed by atoms with Crippen molar-refractivity contribution in [3.8, 4) is 22.5 Å². The van der Waals surface area contributed by atoms with Crippen LogP contribution in [0.4, 0.5) is 21.6 Å².